The van der Waals surface area contributed by atoms with Gasteiger partial charge < -0.3 is 9.64 Å². The Labute approximate surface area is 180 Å². The molecule has 4 rings (SSSR count). The fraction of sp³-hybridized carbons (Fsp3) is 0.348. The summed E-state index contributed by atoms with van der Waals surface area (Å²) in [5.74, 6) is -0.0272. The van der Waals surface area contributed by atoms with Gasteiger partial charge in [0.05, 0.1) is 25.3 Å². The van der Waals surface area contributed by atoms with Gasteiger partial charge >= 0.3 is 6.03 Å². The number of hydrogen-bond acceptors (Lipinski definition) is 4. The minimum absolute atomic E-state index is 0.0727. The molecule has 0 N–H and O–H groups in total. The molecule has 2 aromatic rings. The van der Waals surface area contributed by atoms with Crippen molar-refractivity contribution in [3.63, 3.8) is 0 Å². The molecule has 6 nitrogen and oxygen atoms in total. The molecule has 3 amide bonds. The normalized spacial score (nSPS) is 21.4. The third-order valence-corrected chi connectivity index (χ3v) is 6.13. The van der Waals surface area contributed by atoms with Gasteiger partial charge in [0.15, 0.2) is 5.78 Å². The van der Waals surface area contributed by atoms with E-state index < -0.39 is 6.03 Å². The predicted molar refractivity (Wildman–Crippen MR) is 114 cm³/mol. The Morgan fingerprint density at radius 1 is 1.10 bits per heavy atom. The first-order valence-electron chi connectivity index (χ1n) is 10.1. The number of benzene rings is 2. The van der Waals surface area contributed by atoms with Gasteiger partial charge in [-0.05, 0) is 55.3 Å². The lowest BCUT2D eigenvalue weighted by molar-refractivity contribution is -0.126. The molecule has 1 aliphatic heterocycles. The number of urea groups is 1. The summed E-state index contributed by atoms with van der Waals surface area (Å²) in [5.41, 5.74) is 0.936. The van der Waals surface area contributed by atoms with Crippen LogP contribution in [0.25, 0.3) is 0 Å². The van der Waals surface area contributed by atoms with E-state index in [0.29, 0.717) is 28.4 Å². The molecule has 2 unspecified atom stereocenters. The van der Waals surface area contributed by atoms with E-state index >= 15 is 0 Å². The number of ketones is 1. The Balaban J connectivity index is 1.64. The van der Waals surface area contributed by atoms with Gasteiger partial charge in [-0.15, -0.1) is 0 Å². The number of rotatable bonds is 5. The van der Waals surface area contributed by atoms with Crippen molar-refractivity contribution < 1.29 is 19.1 Å². The second kappa shape index (κ2) is 8.48. The van der Waals surface area contributed by atoms with Crippen LogP contribution in [0.1, 0.15) is 36.0 Å². The number of ether oxygens (including phenoxy) is 1. The zero-order chi connectivity index (χ0) is 21.3. The summed E-state index contributed by atoms with van der Waals surface area (Å²) in [6.45, 7) is -0.0727. The molecule has 0 bridgehead atoms. The molecule has 1 aliphatic carbocycles. The lowest BCUT2D eigenvalue weighted by atomic mass is 9.81. The zero-order valence-corrected chi connectivity index (χ0v) is 17.5. The molecule has 1 saturated heterocycles. The zero-order valence-electron chi connectivity index (χ0n) is 16.7. The molecule has 1 heterocycles. The van der Waals surface area contributed by atoms with E-state index in [2.05, 4.69) is 0 Å². The topological polar surface area (TPSA) is 66.9 Å². The number of halogens is 1. The van der Waals surface area contributed by atoms with Gasteiger partial charge in [-0.2, -0.15) is 0 Å². The highest BCUT2D eigenvalue weighted by Gasteiger charge is 2.48. The highest BCUT2D eigenvalue weighted by molar-refractivity contribution is 6.31. The number of nitrogens with zero attached hydrogens (tertiary/aromatic N) is 2. The average Bonchev–Trinajstić information content (AvgIpc) is 2.77. The number of hydrogen-bond donors (Lipinski definition) is 0. The molecule has 0 spiro atoms. The molecular weight excluding hydrogens is 404 g/mol. The van der Waals surface area contributed by atoms with Crippen molar-refractivity contribution in [1.29, 1.82) is 0 Å². The first-order valence-corrected chi connectivity index (χ1v) is 10.4. The van der Waals surface area contributed by atoms with Crippen molar-refractivity contribution in [2.45, 2.75) is 31.7 Å². The van der Waals surface area contributed by atoms with E-state index in [1.165, 1.54) is 4.90 Å². The molecule has 2 atom stereocenters. The molecule has 7 heteroatoms. The van der Waals surface area contributed by atoms with Gasteiger partial charge in [0.1, 0.15) is 5.75 Å². The number of fused-ring (bicyclic) bond motifs is 1. The van der Waals surface area contributed by atoms with Crippen LogP contribution in [0.4, 0.5) is 10.5 Å². The monoisotopic (exact) mass is 426 g/mol. The maximum absolute atomic E-state index is 13.4. The van der Waals surface area contributed by atoms with Crippen molar-refractivity contribution in [3.8, 4) is 5.75 Å². The van der Waals surface area contributed by atoms with Crippen molar-refractivity contribution in [1.82, 2.24) is 4.90 Å². The van der Waals surface area contributed by atoms with Crippen LogP contribution in [0.5, 0.6) is 5.75 Å². The summed E-state index contributed by atoms with van der Waals surface area (Å²) in [7, 11) is 1.56. The summed E-state index contributed by atoms with van der Waals surface area (Å²) in [5, 5.41) is 0.444. The molecule has 0 radical (unpaired) electrons. The number of anilines is 1. The number of Topliss-reactive ketones (excluding diaryl/α,β-unsaturated/α-hetero) is 1. The van der Waals surface area contributed by atoms with Gasteiger partial charge in [-0.1, -0.05) is 30.5 Å². The van der Waals surface area contributed by atoms with Gasteiger partial charge in [-0.25, -0.2) is 9.69 Å². The van der Waals surface area contributed by atoms with Crippen LogP contribution >= 0.6 is 11.6 Å². The minimum atomic E-state index is -0.465. The second-order valence-corrected chi connectivity index (χ2v) is 8.11. The summed E-state index contributed by atoms with van der Waals surface area (Å²) in [6.07, 6.45) is 3.30. The summed E-state index contributed by atoms with van der Waals surface area (Å²) in [6, 6.07) is 12.8. The van der Waals surface area contributed by atoms with E-state index in [4.69, 9.17) is 16.3 Å². The van der Waals surface area contributed by atoms with Crippen LogP contribution in [-0.4, -0.2) is 42.3 Å². The number of amides is 3. The number of methoxy groups -OCH3 is 1. The van der Waals surface area contributed by atoms with Gasteiger partial charge in [-0.3, -0.25) is 9.59 Å². The number of carbonyl (C=O) groups is 3. The minimum Gasteiger partial charge on any atom is -0.497 e. The highest BCUT2D eigenvalue weighted by atomic mass is 35.5. The standard InChI is InChI=1S/C23H23ClN2O4/c1-30-18-11-9-15(10-12-18)21(27)14-25-20-8-3-2-7-19(20)22(28)26(23(25)29)17-6-4-5-16(24)13-17/h4-6,9-13,19-20H,2-3,7-8,14H2,1H3. The van der Waals surface area contributed by atoms with E-state index in [1.807, 2.05) is 0 Å². The average molecular weight is 427 g/mol. The lowest BCUT2D eigenvalue weighted by Gasteiger charge is -2.46. The SMILES string of the molecule is COc1ccc(C(=O)CN2C(=O)N(c3cccc(Cl)c3)C(=O)C3CCCCC32)cc1. The van der Waals surface area contributed by atoms with Crippen LogP contribution in [0.3, 0.4) is 0 Å². The third kappa shape index (κ3) is 3.79. The van der Waals surface area contributed by atoms with Crippen molar-refractivity contribution in [3.05, 3.63) is 59.1 Å². The fourth-order valence-electron chi connectivity index (χ4n) is 4.36. The van der Waals surface area contributed by atoms with Crippen LogP contribution in [0.2, 0.25) is 5.02 Å². The van der Waals surface area contributed by atoms with Crippen molar-refractivity contribution in [2.24, 2.45) is 5.92 Å². The van der Waals surface area contributed by atoms with E-state index in [-0.39, 0.29) is 30.2 Å². The van der Waals surface area contributed by atoms with E-state index in [9.17, 15) is 14.4 Å². The van der Waals surface area contributed by atoms with E-state index in [1.54, 1.807) is 60.5 Å². The van der Waals surface area contributed by atoms with Gasteiger partial charge in [0.2, 0.25) is 5.91 Å². The number of carbonyl (C=O) groups excluding carboxylic acids is 3. The Hall–Kier alpha value is -2.86. The van der Waals surface area contributed by atoms with E-state index in [0.717, 1.165) is 19.3 Å². The first kappa shape index (κ1) is 20.4. The van der Waals surface area contributed by atoms with Crippen molar-refractivity contribution >= 4 is 35.0 Å². The van der Waals surface area contributed by atoms with Crippen LogP contribution in [-0.2, 0) is 4.79 Å². The Morgan fingerprint density at radius 2 is 1.83 bits per heavy atom. The predicted octanol–water partition coefficient (Wildman–Crippen LogP) is 4.56. The quantitative estimate of drug-likeness (QED) is 0.657. The highest BCUT2D eigenvalue weighted by Crippen LogP contribution is 2.37. The molecule has 30 heavy (non-hydrogen) atoms. The second-order valence-electron chi connectivity index (χ2n) is 7.67. The smallest absolute Gasteiger partial charge is 0.332 e. The molecule has 2 fully saturated rings. The maximum Gasteiger partial charge on any atom is 0.332 e. The maximum atomic E-state index is 13.4. The summed E-state index contributed by atoms with van der Waals surface area (Å²) in [4.78, 5) is 42.3. The molecule has 1 saturated carbocycles. The summed E-state index contributed by atoms with van der Waals surface area (Å²) >= 11 is 6.10. The lowest BCUT2D eigenvalue weighted by Crippen LogP contribution is -2.63. The molecule has 2 aromatic carbocycles. The molecular formula is C23H23ClN2O4. The Kier molecular flexibility index (Phi) is 5.77. The Bertz CT molecular complexity index is 975. The van der Waals surface area contributed by atoms with Crippen molar-refractivity contribution in [2.75, 3.05) is 18.6 Å². The molecule has 0 aromatic heterocycles. The molecule has 156 valence electrons. The summed E-state index contributed by atoms with van der Waals surface area (Å²) < 4.78 is 5.14. The Morgan fingerprint density at radius 3 is 2.53 bits per heavy atom. The fourth-order valence-corrected chi connectivity index (χ4v) is 4.55. The van der Waals surface area contributed by atoms with Crippen LogP contribution in [0.15, 0.2) is 48.5 Å². The first-order chi connectivity index (χ1) is 14.5. The third-order valence-electron chi connectivity index (χ3n) is 5.90. The van der Waals surface area contributed by atoms with Gasteiger partial charge in [0, 0.05) is 16.6 Å². The number of imide groups is 1. The van der Waals surface area contributed by atoms with Crippen LogP contribution in [0, 0.1) is 5.92 Å². The van der Waals surface area contributed by atoms with Crippen LogP contribution < -0.4 is 9.64 Å². The van der Waals surface area contributed by atoms with Gasteiger partial charge in [0.25, 0.3) is 0 Å². The molecule has 2 aliphatic rings. The largest absolute Gasteiger partial charge is 0.497 e.